The second-order valence-corrected chi connectivity index (χ2v) is 10.1. The van der Waals surface area contributed by atoms with Crippen molar-refractivity contribution in [1.82, 2.24) is 10.2 Å². The zero-order chi connectivity index (χ0) is 22.0. The van der Waals surface area contributed by atoms with Crippen molar-refractivity contribution in [3.8, 4) is 0 Å². The van der Waals surface area contributed by atoms with Crippen LogP contribution in [0.3, 0.4) is 0 Å². The van der Waals surface area contributed by atoms with Crippen LogP contribution in [0.4, 0.5) is 5.69 Å². The van der Waals surface area contributed by atoms with Crippen LogP contribution in [-0.2, 0) is 11.3 Å². The molecule has 1 atom stereocenters. The minimum absolute atomic E-state index is 0.0863. The van der Waals surface area contributed by atoms with Gasteiger partial charge >= 0.3 is 0 Å². The van der Waals surface area contributed by atoms with E-state index in [4.69, 9.17) is 4.74 Å². The molecule has 0 amide bonds. The van der Waals surface area contributed by atoms with Gasteiger partial charge in [-0.3, -0.25) is 4.90 Å². The first-order valence-corrected chi connectivity index (χ1v) is 12.2. The van der Waals surface area contributed by atoms with Crippen LogP contribution in [0.1, 0.15) is 72.8 Å². The molecule has 0 aromatic heterocycles. The van der Waals surface area contributed by atoms with Crippen LogP contribution < -0.4 is 10.2 Å². The zero-order valence-electron chi connectivity index (χ0n) is 20.5. The van der Waals surface area contributed by atoms with E-state index in [-0.39, 0.29) is 5.54 Å². The summed E-state index contributed by atoms with van der Waals surface area (Å²) in [5.74, 6) is 0.771. The van der Waals surface area contributed by atoms with Crippen LogP contribution in [0.5, 0.6) is 0 Å². The average Bonchev–Trinajstić information content (AvgIpc) is 2.74. The van der Waals surface area contributed by atoms with Crippen LogP contribution in [0.15, 0.2) is 24.3 Å². The van der Waals surface area contributed by atoms with E-state index in [1.165, 1.54) is 43.6 Å². The van der Waals surface area contributed by atoms with Gasteiger partial charge in [0.2, 0.25) is 0 Å². The molecule has 4 heteroatoms. The van der Waals surface area contributed by atoms with Gasteiger partial charge in [-0.05, 0) is 70.1 Å². The lowest BCUT2D eigenvalue weighted by Crippen LogP contribution is -2.49. The summed E-state index contributed by atoms with van der Waals surface area (Å²) in [4.78, 5) is 5.14. The van der Waals surface area contributed by atoms with E-state index in [1.807, 2.05) is 0 Å². The highest BCUT2D eigenvalue weighted by molar-refractivity contribution is 5.48. The molecule has 1 unspecified atom stereocenters. The summed E-state index contributed by atoms with van der Waals surface area (Å²) in [6.07, 6.45) is 4.70. The molecule has 1 aromatic carbocycles. The number of hydrogen-bond donors (Lipinski definition) is 1. The molecule has 0 spiro atoms. The van der Waals surface area contributed by atoms with E-state index in [0.717, 1.165) is 45.2 Å². The molecular formula is C26H47N3O. The lowest BCUT2D eigenvalue weighted by atomic mass is 10.0. The Morgan fingerprint density at radius 1 is 1.00 bits per heavy atom. The van der Waals surface area contributed by atoms with Crippen molar-refractivity contribution < 1.29 is 4.74 Å². The molecule has 30 heavy (non-hydrogen) atoms. The first-order valence-electron chi connectivity index (χ1n) is 12.2. The molecule has 0 saturated carbocycles. The molecule has 1 saturated heterocycles. The van der Waals surface area contributed by atoms with Crippen LogP contribution >= 0.6 is 0 Å². The van der Waals surface area contributed by atoms with Crippen LogP contribution in [0.25, 0.3) is 0 Å². The summed E-state index contributed by atoms with van der Waals surface area (Å²) in [6.45, 7) is 21.0. The predicted molar refractivity (Wildman–Crippen MR) is 130 cm³/mol. The lowest BCUT2D eigenvalue weighted by Gasteiger charge is -2.39. The fourth-order valence-corrected chi connectivity index (χ4v) is 3.96. The molecule has 1 aromatic rings. The van der Waals surface area contributed by atoms with E-state index in [2.05, 4.69) is 80.9 Å². The van der Waals surface area contributed by atoms with Gasteiger partial charge in [0.15, 0.2) is 0 Å². The minimum Gasteiger partial charge on any atom is -0.381 e. The van der Waals surface area contributed by atoms with Gasteiger partial charge in [0, 0.05) is 63.2 Å². The Morgan fingerprint density at radius 3 is 2.27 bits per heavy atom. The standard InChI is InChI=1S/C26H47N3O/c1-7-23(4)28-15-17-29(18-16-28)25-12-10-24(11-13-25)21-27-26(5,6)14-20-30-19-8-9-22(2)3/h10-13,22-23,27H,7-9,14-21H2,1-6H3. The Hall–Kier alpha value is -1.10. The molecule has 1 N–H and O–H groups in total. The zero-order valence-corrected chi connectivity index (χ0v) is 20.5. The van der Waals surface area contributed by atoms with E-state index < -0.39 is 0 Å². The Labute approximate surface area is 186 Å². The molecule has 1 heterocycles. The van der Waals surface area contributed by atoms with E-state index in [0.29, 0.717) is 6.04 Å². The van der Waals surface area contributed by atoms with Crippen LogP contribution in [0, 0.1) is 5.92 Å². The fourth-order valence-electron chi connectivity index (χ4n) is 3.96. The third kappa shape index (κ3) is 8.95. The second-order valence-electron chi connectivity index (χ2n) is 10.1. The Morgan fingerprint density at radius 2 is 1.67 bits per heavy atom. The maximum absolute atomic E-state index is 5.84. The number of piperazine rings is 1. The van der Waals surface area contributed by atoms with Gasteiger partial charge < -0.3 is 15.0 Å². The molecule has 4 nitrogen and oxygen atoms in total. The molecule has 0 aliphatic carbocycles. The highest BCUT2D eigenvalue weighted by Crippen LogP contribution is 2.19. The van der Waals surface area contributed by atoms with Gasteiger partial charge in [0.25, 0.3) is 0 Å². The molecule has 1 aliphatic rings. The monoisotopic (exact) mass is 417 g/mol. The first-order chi connectivity index (χ1) is 14.3. The molecule has 1 fully saturated rings. The van der Waals surface area contributed by atoms with Gasteiger partial charge in [-0.15, -0.1) is 0 Å². The summed E-state index contributed by atoms with van der Waals surface area (Å²) < 4.78 is 5.84. The van der Waals surface area contributed by atoms with Crippen molar-refractivity contribution in [2.24, 2.45) is 5.92 Å². The fraction of sp³-hybridized carbons (Fsp3) is 0.769. The number of rotatable bonds is 13. The molecule has 0 radical (unpaired) electrons. The van der Waals surface area contributed by atoms with Crippen molar-refractivity contribution in [2.75, 3.05) is 44.3 Å². The van der Waals surface area contributed by atoms with E-state index in [1.54, 1.807) is 0 Å². The van der Waals surface area contributed by atoms with Gasteiger partial charge in [0.1, 0.15) is 0 Å². The van der Waals surface area contributed by atoms with Crippen molar-refractivity contribution in [3.05, 3.63) is 29.8 Å². The molecule has 2 rings (SSSR count). The van der Waals surface area contributed by atoms with Gasteiger partial charge in [-0.1, -0.05) is 32.9 Å². The quantitative estimate of drug-likeness (QED) is 0.440. The van der Waals surface area contributed by atoms with Crippen molar-refractivity contribution >= 4 is 5.69 Å². The maximum Gasteiger partial charge on any atom is 0.0483 e. The average molecular weight is 418 g/mol. The number of nitrogens with zero attached hydrogens (tertiary/aromatic N) is 2. The third-order valence-corrected chi connectivity index (χ3v) is 6.54. The van der Waals surface area contributed by atoms with Crippen molar-refractivity contribution in [1.29, 1.82) is 0 Å². The normalized spacial score (nSPS) is 17.0. The number of ether oxygens (including phenoxy) is 1. The van der Waals surface area contributed by atoms with Gasteiger partial charge in [-0.2, -0.15) is 0 Å². The Bertz CT molecular complexity index is 576. The Kier molecular flexibility index (Phi) is 10.6. The number of hydrogen-bond acceptors (Lipinski definition) is 4. The minimum atomic E-state index is 0.0863. The number of benzene rings is 1. The summed E-state index contributed by atoms with van der Waals surface area (Å²) in [5.41, 5.74) is 2.79. The maximum atomic E-state index is 5.84. The number of nitrogens with one attached hydrogen (secondary N) is 1. The van der Waals surface area contributed by atoms with Crippen molar-refractivity contribution in [3.63, 3.8) is 0 Å². The molecule has 1 aliphatic heterocycles. The lowest BCUT2D eigenvalue weighted by molar-refractivity contribution is 0.107. The predicted octanol–water partition coefficient (Wildman–Crippen LogP) is 5.32. The van der Waals surface area contributed by atoms with E-state index >= 15 is 0 Å². The van der Waals surface area contributed by atoms with Gasteiger partial charge in [-0.25, -0.2) is 0 Å². The molecule has 172 valence electrons. The summed E-state index contributed by atoms with van der Waals surface area (Å²) in [6, 6.07) is 9.85. The third-order valence-electron chi connectivity index (χ3n) is 6.54. The smallest absolute Gasteiger partial charge is 0.0483 e. The Balaban J connectivity index is 1.69. The number of anilines is 1. The molecular weight excluding hydrogens is 370 g/mol. The topological polar surface area (TPSA) is 27.7 Å². The SMILES string of the molecule is CCC(C)N1CCN(c2ccc(CNC(C)(C)CCOCCCC(C)C)cc2)CC1. The highest BCUT2D eigenvalue weighted by atomic mass is 16.5. The summed E-state index contributed by atoms with van der Waals surface area (Å²) in [7, 11) is 0. The van der Waals surface area contributed by atoms with Crippen LogP contribution in [0.2, 0.25) is 0 Å². The highest BCUT2D eigenvalue weighted by Gasteiger charge is 2.20. The van der Waals surface area contributed by atoms with Crippen molar-refractivity contribution in [2.45, 2.75) is 85.4 Å². The summed E-state index contributed by atoms with van der Waals surface area (Å²) in [5, 5.41) is 3.71. The molecule has 0 bridgehead atoms. The second kappa shape index (κ2) is 12.7. The summed E-state index contributed by atoms with van der Waals surface area (Å²) >= 11 is 0. The van der Waals surface area contributed by atoms with E-state index in [9.17, 15) is 0 Å². The largest absolute Gasteiger partial charge is 0.381 e. The van der Waals surface area contributed by atoms with Gasteiger partial charge in [0.05, 0.1) is 0 Å². The van der Waals surface area contributed by atoms with Crippen LogP contribution in [-0.4, -0.2) is 55.9 Å². The first kappa shape index (κ1) is 25.2.